The van der Waals surface area contributed by atoms with E-state index in [2.05, 4.69) is 15.2 Å². The molecule has 0 aliphatic heterocycles. The highest BCUT2D eigenvalue weighted by molar-refractivity contribution is 7.89. The van der Waals surface area contributed by atoms with Crippen LogP contribution in [0.15, 0.2) is 34.3 Å². The standard InChI is InChI=1S/C15H20ClN3O3S/c16-12-6-8-14(9-7-12)23(21,22)17-11-10-15(20)19-18-13-4-2-1-3-5-13/h6-9,17H,1-5,10-11H2,(H,19,20). The van der Waals surface area contributed by atoms with Crippen LogP contribution in [0.3, 0.4) is 0 Å². The van der Waals surface area contributed by atoms with Crippen LogP contribution in [0.2, 0.25) is 5.02 Å². The SMILES string of the molecule is O=C(CCNS(=O)(=O)c1ccc(Cl)cc1)NN=C1CCCCC1. The van der Waals surface area contributed by atoms with Crippen molar-refractivity contribution in [1.82, 2.24) is 10.1 Å². The van der Waals surface area contributed by atoms with Crippen molar-refractivity contribution in [3.63, 3.8) is 0 Å². The molecule has 0 unspecified atom stereocenters. The van der Waals surface area contributed by atoms with Crippen LogP contribution in [0.4, 0.5) is 0 Å². The molecule has 0 heterocycles. The van der Waals surface area contributed by atoms with Crippen molar-refractivity contribution in [1.29, 1.82) is 0 Å². The molecule has 6 nitrogen and oxygen atoms in total. The summed E-state index contributed by atoms with van der Waals surface area (Å²) >= 11 is 5.73. The molecule has 1 aromatic rings. The molecule has 126 valence electrons. The number of halogens is 1. The number of rotatable bonds is 6. The summed E-state index contributed by atoms with van der Waals surface area (Å²) in [6.07, 6.45) is 5.29. The quantitative estimate of drug-likeness (QED) is 0.766. The highest BCUT2D eigenvalue weighted by Gasteiger charge is 2.14. The lowest BCUT2D eigenvalue weighted by atomic mass is 9.99. The molecule has 0 bridgehead atoms. The van der Waals surface area contributed by atoms with Gasteiger partial charge in [-0.3, -0.25) is 4.79 Å². The van der Waals surface area contributed by atoms with Gasteiger partial charge >= 0.3 is 0 Å². The minimum absolute atomic E-state index is 0.0155. The molecule has 8 heteroatoms. The Morgan fingerprint density at radius 2 is 1.78 bits per heavy atom. The zero-order valence-corrected chi connectivity index (χ0v) is 14.3. The van der Waals surface area contributed by atoms with Crippen LogP contribution in [0.1, 0.15) is 38.5 Å². The number of carbonyl (C=O) groups is 1. The van der Waals surface area contributed by atoms with Gasteiger partial charge in [0.25, 0.3) is 0 Å². The molecule has 0 atom stereocenters. The molecular formula is C15H20ClN3O3S. The predicted octanol–water partition coefficient (Wildman–Crippen LogP) is 2.44. The van der Waals surface area contributed by atoms with E-state index in [-0.39, 0.29) is 23.8 Å². The van der Waals surface area contributed by atoms with Crippen molar-refractivity contribution in [3.8, 4) is 0 Å². The number of benzene rings is 1. The molecule has 1 aliphatic carbocycles. The lowest BCUT2D eigenvalue weighted by Gasteiger charge is -2.12. The summed E-state index contributed by atoms with van der Waals surface area (Å²) in [5.74, 6) is -0.304. The van der Waals surface area contributed by atoms with E-state index in [0.717, 1.165) is 31.4 Å². The smallest absolute Gasteiger partial charge is 0.241 e. The molecule has 2 rings (SSSR count). The van der Waals surface area contributed by atoms with E-state index >= 15 is 0 Å². The van der Waals surface area contributed by atoms with E-state index in [1.807, 2.05) is 0 Å². The van der Waals surface area contributed by atoms with E-state index in [4.69, 9.17) is 11.6 Å². The average molecular weight is 358 g/mol. The summed E-state index contributed by atoms with van der Waals surface area (Å²) in [4.78, 5) is 11.8. The Balaban J connectivity index is 1.77. The fourth-order valence-corrected chi connectivity index (χ4v) is 3.42. The number of sulfonamides is 1. The van der Waals surface area contributed by atoms with Crippen molar-refractivity contribution >= 4 is 33.2 Å². The van der Waals surface area contributed by atoms with Gasteiger partial charge in [0.2, 0.25) is 15.9 Å². The summed E-state index contributed by atoms with van der Waals surface area (Å²) in [5.41, 5.74) is 3.49. The highest BCUT2D eigenvalue weighted by Crippen LogP contribution is 2.14. The number of nitrogens with one attached hydrogen (secondary N) is 2. The van der Waals surface area contributed by atoms with E-state index in [0.29, 0.717) is 5.02 Å². The normalized spacial score (nSPS) is 15.3. The third-order valence-electron chi connectivity index (χ3n) is 3.54. The number of hydrazone groups is 1. The summed E-state index contributed by atoms with van der Waals surface area (Å²) in [6, 6.07) is 5.84. The molecule has 1 fully saturated rings. The molecule has 0 saturated heterocycles. The third kappa shape index (κ3) is 5.93. The first-order valence-corrected chi connectivity index (χ1v) is 9.43. The van der Waals surface area contributed by atoms with Gasteiger partial charge in [-0.15, -0.1) is 0 Å². The van der Waals surface area contributed by atoms with Gasteiger partial charge in [-0.1, -0.05) is 18.0 Å². The van der Waals surface area contributed by atoms with Crippen molar-refractivity contribution in [2.45, 2.75) is 43.4 Å². The van der Waals surface area contributed by atoms with Gasteiger partial charge in [-0.25, -0.2) is 18.6 Å². The van der Waals surface area contributed by atoms with Crippen LogP contribution in [0.25, 0.3) is 0 Å². The van der Waals surface area contributed by atoms with Crippen molar-refractivity contribution in [2.75, 3.05) is 6.54 Å². The Bertz CT molecular complexity index is 664. The Kier molecular flexibility index (Phi) is 6.56. The second-order valence-electron chi connectivity index (χ2n) is 5.38. The minimum atomic E-state index is -3.63. The molecule has 2 N–H and O–H groups in total. The molecule has 1 amide bonds. The van der Waals surface area contributed by atoms with Crippen LogP contribution in [0, 0.1) is 0 Å². The molecule has 1 saturated carbocycles. The first kappa shape index (κ1) is 17.9. The molecule has 0 radical (unpaired) electrons. The highest BCUT2D eigenvalue weighted by atomic mass is 35.5. The number of carbonyl (C=O) groups excluding carboxylic acids is 1. The number of hydrogen-bond acceptors (Lipinski definition) is 4. The van der Waals surface area contributed by atoms with Gasteiger partial charge in [0.1, 0.15) is 0 Å². The third-order valence-corrected chi connectivity index (χ3v) is 5.27. The van der Waals surface area contributed by atoms with Crippen LogP contribution in [-0.4, -0.2) is 26.6 Å². The van der Waals surface area contributed by atoms with E-state index < -0.39 is 10.0 Å². The van der Waals surface area contributed by atoms with E-state index in [1.54, 1.807) is 0 Å². The molecule has 0 aromatic heterocycles. The number of amides is 1. The maximum atomic E-state index is 12.0. The zero-order chi connectivity index (χ0) is 16.7. The van der Waals surface area contributed by atoms with Crippen molar-refractivity contribution in [3.05, 3.63) is 29.3 Å². The van der Waals surface area contributed by atoms with Gasteiger partial charge in [0.15, 0.2) is 0 Å². The van der Waals surface area contributed by atoms with Gasteiger partial charge in [0.05, 0.1) is 4.90 Å². The Labute approximate surface area is 141 Å². The largest absolute Gasteiger partial charge is 0.273 e. The fourth-order valence-electron chi connectivity index (χ4n) is 2.27. The molecular weight excluding hydrogens is 338 g/mol. The summed E-state index contributed by atoms with van der Waals surface area (Å²) in [7, 11) is -3.63. The lowest BCUT2D eigenvalue weighted by molar-refractivity contribution is -0.120. The fraction of sp³-hybridized carbons (Fsp3) is 0.467. The maximum absolute atomic E-state index is 12.0. The van der Waals surface area contributed by atoms with Gasteiger partial charge in [0, 0.05) is 23.7 Å². The van der Waals surface area contributed by atoms with Crippen LogP contribution >= 0.6 is 11.6 Å². The van der Waals surface area contributed by atoms with Crippen molar-refractivity contribution in [2.24, 2.45) is 5.10 Å². The Morgan fingerprint density at radius 3 is 2.43 bits per heavy atom. The molecule has 1 aromatic carbocycles. The summed E-state index contributed by atoms with van der Waals surface area (Å²) < 4.78 is 26.4. The van der Waals surface area contributed by atoms with E-state index in [9.17, 15) is 13.2 Å². The maximum Gasteiger partial charge on any atom is 0.241 e. The lowest BCUT2D eigenvalue weighted by Crippen LogP contribution is -2.29. The second kappa shape index (κ2) is 8.42. The molecule has 0 spiro atoms. The summed E-state index contributed by atoms with van der Waals surface area (Å²) in [5, 5.41) is 4.55. The Hall–Kier alpha value is -1.44. The molecule has 23 heavy (non-hydrogen) atoms. The van der Waals surface area contributed by atoms with Crippen LogP contribution in [0.5, 0.6) is 0 Å². The number of nitrogens with zero attached hydrogens (tertiary/aromatic N) is 1. The predicted molar refractivity (Wildman–Crippen MR) is 89.9 cm³/mol. The monoisotopic (exact) mass is 357 g/mol. The van der Waals surface area contributed by atoms with E-state index in [1.165, 1.54) is 30.7 Å². The summed E-state index contributed by atoms with van der Waals surface area (Å²) in [6.45, 7) is 0.0155. The Morgan fingerprint density at radius 1 is 1.13 bits per heavy atom. The topological polar surface area (TPSA) is 87.6 Å². The molecule has 1 aliphatic rings. The number of hydrogen-bond donors (Lipinski definition) is 2. The van der Waals surface area contributed by atoms with Gasteiger partial charge in [-0.2, -0.15) is 5.10 Å². The van der Waals surface area contributed by atoms with Crippen LogP contribution < -0.4 is 10.1 Å². The first-order chi connectivity index (χ1) is 11.0. The van der Waals surface area contributed by atoms with Gasteiger partial charge in [-0.05, 0) is 49.9 Å². The average Bonchev–Trinajstić information content (AvgIpc) is 2.54. The van der Waals surface area contributed by atoms with Gasteiger partial charge < -0.3 is 0 Å². The van der Waals surface area contributed by atoms with Crippen molar-refractivity contribution < 1.29 is 13.2 Å². The second-order valence-corrected chi connectivity index (χ2v) is 7.58. The zero-order valence-electron chi connectivity index (χ0n) is 12.7. The van der Waals surface area contributed by atoms with Crippen LogP contribution in [-0.2, 0) is 14.8 Å². The minimum Gasteiger partial charge on any atom is -0.273 e. The first-order valence-electron chi connectivity index (χ1n) is 7.57.